The molecule has 1 saturated heterocycles. The molecule has 1 N–H and O–H groups in total. The van der Waals surface area contributed by atoms with Crippen molar-refractivity contribution >= 4 is 17.5 Å². The lowest BCUT2D eigenvalue weighted by Gasteiger charge is -2.31. The maximum Gasteiger partial charge on any atom is 0.407 e. The van der Waals surface area contributed by atoms with Gasteiger partial charge in [-0.1, -0.05) is 0 Å². The normalized spacial score (nSPS) is 16.3. The van der Waals surface area contributed by atoms with Crippen molar-refractivity contribution in [3.8, 4) is 11.3 Å². The summed E-state index contributed by atoms with van der Waals surface area (Å²) in [6.07, 6.45) is 3.12. The highest BCUT2D eigenvalue weighted by Crippen LogP contribution is 2.32. The number of imidazole rings is 1. The highest BCUT2D eigenvalue weighted by atomic mass is 19.1. The maximum absolute atomic E-state index is 15.3. The van der Waals surface area contributed by atoms with Crippen LogP contribution in [0, 0.1) is 18.6 Å². The number of ketones is 1. The van der Waals surface area contributed by atoms with Crippen LogP contribution in [-0.2, 0) is 11.2 Å². The monoisotopic (exact) mass is 484 g/mol. The van der Waals surface area contributed by atoms with E-state index in [9.17, 15) is 14.7 Å². The number of carbonyl (C=O) groups is 2. The van der Waals surface area contributed by atoms with E-state index < -0.39 is 29.6 Å². The van der Waals surface area contributed by atoms with Crippen LogP contribution in [0.4, 0.5) is 13.6 Å². The number of amides is 1. The lowest BCUT2D eigenvalue weighted by molar-refractivity contribution is -0.0214. The molecule has 8 nitrogen and oxygen atoms in total. The summed E-state index contributed by atoms with van der Waals surface area (Å²) in [7, 11) is 3.46. The first kappa shape index (κ1) is 24.3. The van der Waals surface area contributed by atoms with Crippen molar-refractivity contribution in [3.63, 3.8) is 0 Å². The van der Waals surface area contributed by atoms with Crippen LogP contribution in [0.5, 0.6) is 0 Å². The van der Waals surface area contributed by atoms with E-state index in [4.69, 9.17) is 4.74 Å². The van der Waals surface area contributed by atoms with Crippen molar-refractivity contribution in [2.45, 2.75) is 19.4 Å². The van der Waals surface area contributed by atoms with Crippen LogP contribution in [-0.4, -0.2) is 76.1 Å². The third kappa shape index (κ3) is 5.17. The molecule has 2 aromatic heterocycles. The smallest absolute Gasteiger partial charge is 0.407 e. The highest BCUT2D eigenvalue weighted by Gasteiger charge is 2.28. The van der Waals surface area contributed by atoms with Gasteiger partial charge in [0.2, 0.25) is 0 Å². The number of morpholine rings is 1. The molecular weight excluding hydrogens is 458 g/mol. The van der Waals surface area contributed by atoms with Crippen LogP contribution in [0.1, 0.15) is 21.6 Å². The van der Waals surface area contributed by atoms with Crippen molar-refractivity contribution in [1.29, 1.82) is 0 Å². The zero-order valence-electron chi connectivity index (χ0n) is 19.7. The largest absolute Gasteiger partial charge is 0.465 e. The zero-order valence-corrected chi connectivity index (χ0v) is 19.7. The average molecular weight is 485 g/mol. The van der Waals surface area contributed by atoms with E-state index in [1.807, 2.05) is 13.0 Å². The molecule has 1 aliphatic heterocycles. The Labute approximate surface area is 201 Å². The Balaban J connectivity index is 1.77. The van der Waals surface area contributed by atoms with Gasteiger partial charge in [-0.25, -0.2) is 18.6 Å². The summed E-state index contributed by atoms with van der Waals surface area (Å²) >= 11 is 0. The fourth-order valence-corrected chi connectivity index (χ4v) is 4.08. The van der Waals surface area contributed by atoms with Gasteiger partial charge in [0.1, 0.15) is 17.3 Å². The molecule has 0 saturated carbocycles. The fraction of sp³-hybridized carbons (Fsp3) is 0.320. The highest BCUT2D eigenvalue weighted by molar-refractivity contribution is 6.04. The molecule has 0 spiro atoms. The maximum atomic E-state index is 15.3. The number of halogens is 2. The Kier molecular flexibility index (Phi) is 6.83. The molecule has 4 rings (SSSR count). The number of allylic oxidation sites excluding steroid dienone is 1. The second-order valence-electron chi connectivity index (χ2n) is 8.72. The summed E-state index contributed by atoms with van der Waals surface area (Å²) in [5.74, 6) is -2.35. The Bertz CT molecular complexity index is 1300. The van der Waals surface area contributed by atoms with E-state index in [-0.39, 0.29) is 42.9 Å². The Morgan fingerprint density at radius 3 is 2.63 bits per heavy atom. The number of rotatable bonds is 6. The number of hydrogen-bond acceptors (Lipinski definition) is 5. The third-order valence-electron chi connectivity index (χ3n) is 5.80. The van der Waals surface area contributed by atoms with E-state index in [1.165, 1.54) is 17.2 Å². The third-order valence-corrected chi connectivity index (χ3v) is 5.80. The summed E-state index contributed by atoms with van der Waals surface area (Å²) in [5, 5.41) is 9.35. The van der Waals surface area contributed by atoms with E-state index in [0.717, 1.165) is 17.7 Å². The van der Waals surface area contributed by atoms with Crippen LogP contribution in [0.25, 0.3) is 16.9 Å². The minimum absolute atomic E-state index is 0.0875. The van der Waals surface area contributed by atoms with Crippen molar-refractivity contribution in [3.05, 3.63) is 71.2 Å². The van der Waals surface area contributed by atoms with Crippen LogP contribution in [0.3, 0.4) is 0 Å². The predicted octanol–water partition coefficient (Wildman–Crippen LogP) is 3.77. The van der Waals surface area contributed by atoms with Crippen molar-refractivity contribution in [1.82, 2.24) is 19.2 Å². The number of carbonyl (C=O) groups excluding carboxylic acids is 1. The lowest BCUT2D eigenvalue weighted by Crippen LogP contribution is -2.45. The van der Waals surface area contributed by atoms with E-state index >= 15 is 8.78 Å². The second kappa shape index (κ2) is 9.83. The number of carboxylic acid groups (broad SMARTS) is 1. The molecule has 1 aliphatic rings. The predicted molar refractivity (Wildman–Crippen MR) is 125 cm³/mol. The minimum atomic E-state index is -1.05. The van der Waals surface area contributed by atoms with E-state index in [1.54, 1.807) is 35.7 Å². The first-order chi connectivity index (χ1) is 16.6. The number of pyridine rings is 1. The van der Waals surface area contributed by atoms with Crippen LogP contribution in [0.2, 0.25) is 0 Å². The number of aryl methyl sites for hydroxylation is 1. The molecular formula is C25H26F2N4O4. The minimum Gasteiger partial charge on any atom is -0.465 e. The van der Waals surface area contributed by atoms with Gasteiger partial charge in [-0.3, -0.25) is 4.79 Å². The quantitative estimate of drug-likeness (QED) is 0.424. The van der Waals surface area contributed by atoms with Crippen LogP contribution in [0.15, 0.2) is 42.7 Å². The molecule has 0 radical (unpaired) electrons. The standard InChI is InChI=1S/C25H26F2N4O4/c1-15-4-7-31-20(13-17-14-30(25(33)34)8-9-35-17)24(28-22(31)10-15)23-18(26)11-16(12-19(23)27)21(32)5-6-29(2)3/h4-7,10-12,17H,8-9,13-14H2,1-3H3,(H,33,34). The first-order valence-electron chi connectivity index (χ1n) is 11.1. The number of hydrogen-bond donors (Lipinski definition) is 1. The second-order valence-corrected chi connectivity index (χ2v) is 8.72. The molecule has 1 unspecified atom stereocenters. The molecule has 3 heterocycles. The molecule has 0 bridgehead atoms. The Morgan fingerprint density at radius 1 is 1.26 bits per heavy atom. The van der Waals surface area contributed by atoms with Gasteiger partial charge in [0.25, 0.3) is 0 Å². The number of fused-ring (bicyclic) bond motifs is 1. The lowest BCUT2D eigenvalue weighted by atomic mass is 10.0. The average Bonchev–Trinajstić information content (AvgIpc) is 3.13. The van der Waals surface area contributed by atoms with Gasteiger partial charge in [0.15, 0.2) is 5.78 Å². The van der Waals surface area contributed by atoms with Crippen LogP contribution < -0.4 is 0 Å². The number of benzene rings is 1. The molecule has 1 fully saturated rings. The van der Waals surface area contributed by atoms with Gasteiger partial charge in [-0.2, -0.15) is 0 Å². The summed E-state index contributed by atoms with van der Waals surface area (Å²) in [4.78, 5) is 31.2. The Hall–Kier alpha value is -3.79. The summed E-state index contributed by atoms with van der Waals surface area (Å²) in [6.45, 7) is 2.49. The summed E-state index contributed by atoms with van der Waals surface area (Å²) < 4.78 is 38.1. The van der Waals surface area contributed by atoms with Crippen LogP contribution >= 0.6 is 0 Å². The van der Waals surface area contributed by atoms with Crippen molar-refractivity contribution in [2.75, 3.05) is 33.8 Å². The SMILES string of the molecule is Cc1ccn2c(CC3CN(C(=O)O)CCO3)c(-c3c(F)cc(C(=O)C=CN(C)C)cc3F)nc2c1. The molecule has 1 aromatic carbocycles. The molecule has 10 heteroatoms. The van der Waals surface area contributed by atoms with E-state index in [2.05, 4.69) is 4.98 Å². The van der Waals surface area contributed by atoms with Gasteiger partial charge in [0, 0.05) is 51.1 Å². The molecule has 1 amide bonds. The molecule has 1 atom stereocenters. The fourth-order valence-electron chi connectivity index (χ4n) is 4.08. The Morgan fingerprint density at radius 2 is 1.97 bits per heavy atom. The van der Waals surface area contributed by atoms with Crippen molar-refractivity contribution in [2.24, 2.45) is 0 Å². The zero-order chi connectivity index (χ0) is 25.3. The van der Waals surface area contributed by atoms with Gasteiger partial charge in [-0.05, 0) is 36.8 Å². The molecule has 35 heavy (non-hydrogen) atoms. The van der Waals surface area contributed by atoms with Gasteiger partial charge in [0.05, 0.1) is 36.2 Å². The van der Waals surface area contributed by atoms with Gasteiger partial charge < -0.3 is 24.0 Å². The number of nitrogens with zero attached hydrogens (tertiary/aromatic N) is 4. The molecule has 184 valence electrons. The van der Waals surface area contributed by atoms with Gasteiger partial charge >= 0.3 is 6.09 Å². The molecule has 0 aliphatic carbocycles. The summed E-state index contributed by atoms with van der Waals surface area (Å²) in [5.41, 5.74) is 1.53. The van der Waals surface area contributed by atoms with E-state index in [0.29, 0.717) is 11.3 Å². The van der Waals surface area contributed by atoms with Gasteiger partial charge in [-0.15, -0.1) is 0 Å². The molecule has 3 aromatic rings. The topological polar surface area (TPSA) is 87.4 Å². The van der Waals surface area contributed by atoms with Crippen molar-refractivity contribution < 1.29 is 28.2 Å². The number of ether oxygens (including phenoxy) is 1. The summed E-state index contributed by atoms with van der Waals surface area (Å²) in [6, 6.07) is 5.64. The first-order valence-corrected chi connectivity index (χ1v) is 11.1. The number of aromatic nitrogens is 2.